The fourth-order valence-corrected chi connectivity index (χ4v) is 5.71. The number of rotatable bonds is 15. The minimum Gasteiger partial charge on any atom is -0.491 e. The van der Waals surface area contributed by atoms with E-state index in [4.69, 9.17) is 29.0 Å². The maximum Gasteiger partial charge on any atom is 0.255 e. The van der Waals surface area contributed by atoms with Gasteiger partial charge in [0.05, 0.1) is 24.5 Å². The van der Waals surface area contributed by atoms with Crippen LogP contribution >= 0.6 is 0 Å². The van der Waals surface area contributed by atoms with Gasteiger partial charge < -0.3 is 24.1 Å². The fraction of sp³-hybridized carbons (Fsp3) is 0.364. The molecule has 0 aliphatic heterocycles. The Morgan fingerprint density at radius 2 is 1.91 bits per heavy atom. The first-order valence-electron chi connectivity index (χ1n) is 15.3. The number of furan rings is 1. The second-order valence-corrected chi connectivity index (χ2v) is 10.9. The van der Waals surface area contributed by atoms with Crippen LogP contribution in [0.4, 0.5) is 5.69 Å². The number of methoxy groups -OCH3 is 1. The van der Waals surface area contributed by atoms with Crippen molar-refractivity contribution in [1.82, 2.24) is 34.3 Å². The molecule has 4 heterocycles. The van der Waals surface area contributed by atoms with Crippen LogP contribution in [0.3, 0.4) is 0 Å². The summed E-state index contributed by atoms with van der Waals surface area (Å²) in [4.78, 5) is 26.4. The van der Waals surface area contributed by atoms with Gasteiger partial charge in [-0.25, -0.2) is 14.6 Å². The first-order chi connectivity index (χ1) is 22.0. The minimum atomic E-state index is -1.07. The highest BCUT2D eigenvalue weighted by Gasteiger charge is 2.47. The lowest BCUT2D eigenvalue weighted by Gasteiger charge is -2.39. The number of aryl methyl sites for hydroxylation is 1. The molecule has 6 rings (SSSR count). The molecule has 0 bridgehead atoms. The first-order valence-corrected chi connectivity index (χ1v) is 15.3. The highest BCUT2D eigenvalue weighted by atomic mass is 16.5. The highest BCUT2D eigenvalue weighted by molar-refractivity contribution is 5.94. The molecule has 12 heteroatoms. The summed E-state index contributed by atoms with van der Waals surface area (Å²) >= 11 is 0. The number of nitrogens with zero attached hydrogens (tertiary/aromatic N) is 7. The zero-order valence-electron chi connectivity index (χ0n) is 26.1. The molecule has 5 aromatic rings. The molecule has 1 atom stereocenters. The van der Waals surface area contributed by atoms with Crippen molar-refractivity contribution in [3.8, 4) is 17.3 Å². The molecule has 234 valence electrons. The van der Waals surface area contributed by atoms with Gasteiger partial charge in [-0.1, -0.05) is 32.1 Å². The summed E-state index contributed by atoms with van der Waals surface area (Å²) in [6, 6.07) is 11.4. The third kappa shape index (κ3) is 5.57. The highest BCUT2D eigenvalue weighted by Crippen LogP contribution is 2.38. The summed E-state index contributed by atoms with van der Waals surface area (Å²) in [6.07, 6.45) is 10.6. The molecule has 0 fully saturated rings. The zero-order chi connectivity index (χ0) is 31.4. The number of ether oxygens (including phenoxy) is 2. The van der Waals surface area contributed by atoms with Crippen LogP contribution in [-0.4, -0.2) is 80.1 Å². The molecule has 1 aliphatic carbocycles. The van der Waals surface area contributed by atoms with Gasteiger partial charge in [0.15, 0.2) is 22.6 Å². The number of hydrogen-bond acceptors (Lipinski definition) is 9. The average molecular weight is 611 g/mol. The molecule has 1 amide bonds. The number of hydrogen-bond donors (Lipinski definition) is 1. The quantitative estimate of drug-likeness (QED) is 0.163. The zero-order valence-corrected chi connectivity index (χ0v) is 26.1. The molecule has 0 spiro atoms. The van der Waals surface area contributed by atoms with Gasteiger partial charge in [-0.05, 0) is 61.7 Å². The van der Waals surface area contributed by atoms with E-state index in [0.717, 1.165) is 23.4 Å². The SMILES string of the molecule is CCCN(CCNc1ccc(OCCOC)cc1)C(=O)[C@](CC)(C1=CC=C1)n1ncc2c1nc(C)n1nc(-c3ccco3)nc21. The maximum atomic E-state index is 14.7. The standard InChI is InChI=1S/C33H38N8O4/c1-5-17-39(18-16-34-25-12-14-26(15-13-25)44-21-20-43-4)32(42)33(6-2,24-9-7-10-24)41-31-27(22-35-41)30-37-29(28-11-8-19-45-28)38-40(30)23(3)36-31/h7-15,19,22,34H,5-6,16-18,20-21H2,1-4H3/t33-/m0/s1. The first kappa shape index (κ1) is 30.1. The summed E-state index contributed by atoms with van der Waals surface area (Å²) in [5.41, 5.74) is 1.96. The summed E-state index contributed by atoms with van der Waals surface area (Å²) in [5.74, 6) is 2.42. The summed E-state index contributed by atoms with van der Waals surface area (Å²) in [5, 5.41) is 13.6. The second-order valence-electron chi connectivity index (χ2n) is 10.9. The lowest BCUT2D eigenvalue weighted by atomic mass is 9.81. The van der Waals surface area contributed by atoms with Crippen LogP contribution in [0.25, 0.3) is 28.3 Å². The number of amides is 1. The topological polar surface area (TPSA) is 125 Å². The average Bonchev–Trinajstić information content (AvgIpc) is 3.79. The van der Waals surface area contributed by atoms with Crippen molar-refractivity contribution in [3.05, 3.63) is 78.5 Å². The van der Waals surface area contributed by atoms with Gasteiger partial charge in [0.2, 0.25) is 5.82 Å². The Morgan fingerprint density at radius 3 is 2.58 bits per heavy atom. The lowest BCUT2D eigenvalue weighted by molar-refractivity contribution is -0.139. The maximum absolute atomic E-state index is 14.7. The van der Waals surface area contributed by atoms with Crippen molar-refractivity contribution in [3.63, 3.8) is 0 Å². The van der Waals surface area contributed by atoms with E-state index in [1.807, 2.05) is 67.3 Å². The number of carbonyl (C=O) groups excluding carboxylic acids is 1. The Bertz CT molecular complexity index is 1840. The van der Waals surface area contributed by atoms with Crippen molar-refractivity contribution >= 4 is 28.3 Å². The molecule has 1 aliphatic rings. The molecule has 12 nitrogen and oxygen atoms in total. The van der Waals surface area contributed by atoms with Gasteiger partial charge in [0.25, 0.3) is 5.91 Å². The van der Waals surface area contributed by atoms with E-state index in [1.165, 1.54) is 0 Å². The third-order valence-corrected chi connectivity index (χ3v) is 8.07. The number of nitrogens with one attached hydrogen (secondary N) is 1. The van der Waals surface area contributed by atoms with E-state index in [0.29, 0.717) is 73.4 Å². The lowest BCUT2D eigenvalue weighted by Crippen LogP contribution is -2.53. The van der Waals surface area contributed by atoms with Crippen LogP contribution in [0.15, 0.2) is 77.1 Å². The van der Waals surface area contributed by atoms with E-state index in [2.05, 4.69) is 17.3 Å². The van der Waals surface area contributed by atoms with Gasteiger partial charge in [-0.2, -0.15) is 9.61 Å². The van der Waals surface area contributed by atoms with Crippen molar-refractivity contribution < 1.29 is 18.7 Å². The monoisotopic (exact) mass is 610 g/mol. The molecule has 0 saturated heterocycles. The van der Waals surface area contributed by atoms with Gasteiger partial charge in [-0.3, -0.25) is 4.79 Å². The predicted molar refractivity (Wildman–Crippen MR) is 171 cm³/mol. The van der Waals surface area contributed by atoms with Gasteiger partial charge in [-0.15, -0.1) is 5.10 Å². The summed E-state index contributed by atoms with van der Waals surface area (Å²) in [6.45, 7) is 8.72. The third-order valence-electron chi connectivity index (χ3n) is 8.07. The number of fused-ring (bicyclic) bond motifs is 3. The Hall–Kier alpha value is -4.97. The fourth-order valence-electron chi connectivity index (χ4n) is 5.71. The van der Waals surface area contributed by atoms with Crippen LogP contribution in [0.5, 0.6) is 5.75 Å². The molecule has 45 heavy (non-hydrogen) atoms. The van der Waals surface area contributed by atoms with E-state index >= 15 is 0 Å². The summed E-state index contributed by atoms with van der Waals surface area (Å²) in [7, 11) is 1.65. The number of aromatic nitrogens is 6. The second kappa shape index (κ2) is 12.9. The van der Waals surface area contributed by atoms with Crippen LogP contribution in [0, 0.1) is 6.92 Å². The van der Waals surface area contributed by atoms with E-state index in [-0.39, 0.29) is 5.91 Å². The minimum absolute atomic E-state index is 0.0202. The molecule has 0 radical (unpaired) electrons. The largest absolute Gasteiger partial charge is 0.491 e. The smallest absolute Gasteiger partial charge is 0.255 e. The van der Waals surface area contributed by atoms with Crippen LogP contribution in [0.1, 0.15) is 32.5 Å². The van der Waals surface area contributed by atoms with Gasteiger partial charge >= 0.3 is 0 Å². The van der Waals surface area contributed by atoms with E-state index in [1.54, 1.807) is 34.8 Å². The van der Waals surface area contributed by atoms with Crippen LogP contribution in [0.2, 0.25) is 0 Å². The predicted octanol–water partition coefficient (Wildman–Crippen LogP) is 5.02. The molecule has 0 unspecified atom stereocenters. The van der Waals surface area contributed by atoms with E-state index in [9.17, 15) is 4.79 Å². The molecule has 1 aromatic carbocycles. The van der Waals surface area contributed by atoms with Crippen molar-refractivity contribution in [2.24, 2.45) is 0 Å². The number of allylic oxidation sites excluding steroid dienone is 3. The molecule has 0 saturated carbocycles. The van der Waals surface area contributed by atoms with Crippen molar-refractivity contribution in [2.75, 3.05) is 45.3 Å². The Balaban J connectivity index is 1.29. The van der Waals surface area contributed by atoms with Crippen molar-refractivity contribution in [2.45, 2.75) is 39.2 Å². The summed E-state index contributed by atoms with van der Waals surface area (Å²) < 4.78 is 19.7. The Kier molecular flexibility index (Phi) is 8.65. The van der Waals surface area contributed by atoms with Crippen LogP contribution in [-0.2, 0) is 15.1 Å². The molecular formula is C33H38N8O4. The number of benzene rings is 1. The van der Waals surface area contributed by atoms with Gasteiger partial charge in [0.1, 0.15) is 18.2 Å². The normalized spacial score (nSPS) is 13.9. The van der Waals surface area contributed by atoms with E-state index < -0.39 is 5.54 Å². The molecular weight excluding hydrogens is 572 g/mol. The number of anilines is 1. The van der Waals surface area contributed by atoms with Gasteiger partial charge in [0, 0.05) is 32.4 Å². The van der Waals surface area contributed by atoms with Crippen molar-refractivity contribution in [1.29, 1.82) is 0 Å². The Labute approximate surface area is 261 Å². The Morgan fingerprint density at radius 1 is 1.09 bits per heavy atom. The van der Waals surface area contributed by atoms with Crippen LogP contribution < -0.4 is 10.1 Å². The number of carbonyl (C=O) groups is 1. The molecule has 1 N–H and O–H groups in total. The molecule has 4 aromatic heterocycles.